The SMILES string of the molecule is Cc1cccc(NC(=O)N2CCN(C(=O)c3c4c(nc5ccccc35)CCC(C)C4)CC2)c1. The zero-order chi connectivity index (χ0) is 22.9. The highest BCUT2D eigenvalue weighted by atomic mass is 16.2. The monoisotopic (exact) mass is 442 g/mol. The predicted molar refractivity (Wildman–Crippen MR) is 131 cm³/mol. The van der Waals surface area contributed by atoms with E-state index in [-0.39, 0.29) is 11.9 Å². The summed E-state index contributed by atoms with van der Waals surface area (Å²) in [6.07, 6.45) is 2.93. The lowest BCUT2D eigenvalue weighted by Crippen LogP contribution is -2.52. The number of anilines is 1. The molecule has 1 fully saturated rings. The van der Waals surface area contributed by atoms with Crippen molar-refractivity contribution in [3.05, 3.63) is 70.9 Å². The highest BCUT2D eigenvalue weighted by Gasteiger charge is 2.30. The van der Waals surface area contributed by atoms with E-state index in [1.165, 1.54) is 0 Å². The minimum absolute atomic E-state index is 0.0673. The first-order valence-corrected chi connectivity index (χ1v) is 11.8. The second-order valence-corrected chi connectivity index (χ2v) is 9.36. The number of aryl methyl sites for hydroxylation is 2. The molecule has 3 amide bonds. The van der Waals surface area contributed by atoms with Crippen LogP contribution in [0.15, 0.2) is 48.5 Å². The Morgan fingerprint density at radius 1 is 1.00 bits per heavy atom. The van der Waals surface area contributed by atoms with Crippen molar-refractivity contribution in [2.75, 3.05) is 31.5 Å². The minimum Gasteiger partial charge on any atom is -0.335 e. The van der Waals surface area contributed by atoms with Gasteiger partial charge in [0.25, 0.3) is 5.91 Å². The number of aromatic nitrogens is 1. The molecular weight excluding hydrogens is 412 g/mol. The molecule has 2 heterocycles. The number of carbonyl (C=O) groups is 2. The van der Waals surface area contributed by atoms with E-state index in [9.17, 15) is 9.59 Å². The van der Waals surface area contributed by atoms with Crippen LogP contribution in [0.4, 0.5) is 10.5 Å². The first-order chi connectivity index (χ1) is 16.0. The second kappa shape index (κ2) is 8.85. The molecule has 1 unspecified atom stereocenters. The Morgan fingerprint density at radius 3 is 2.55 bits per heavy atom. The van der Waals surface area contributed by atoms with Gasteiger partial charge in [-0.05, 0) is 61.4 Å². The number of benzene rings is 2. The number of nitrogens with zero attached hydrogens (tertiary/aromatic N) is 3. The first kappa shape index (κ1) is 21.4. The van der Waals surface area contributed by atoms with E-state index in [1.807, 2.05) is 60.4 Å². The zero-order valence-corrected chi connectivity index (χ0v) is 19.3. The number of fused-ring (bicyclic) bond motifs is 2. The molecule has 0 radical (unpaired) electrons. The Kier molecular flexibility index (Phi) is 5.75. The van der Waals surface area contributed by atoms with Gasteiger partial charge in [0.15, 0.2) is 0 Å². The summed E-state index contributed by atoms with van der Waals surface area (Å²) < 4.78 is 0. The lowest BCUT2D eigenvalue weighted by atomic mass is 9.83. The molecule has 5 rings (SSSR count). The van der Waals surface area contributed by atoms with E-state index in [2.05, 4.69) is 12.2 Å². The second-order valence-electron chi connectivity index (χ2n) is 9.36. The first-order valence-electron chi connectivity index (χ1n) is 11.8. The maximum absolute atomic E-state index is 13.8. The minimum atomic E-state index is -0.117. The van der Waals surface area contributed by atoms with Crippen LogP contribution < -0.4 is 5.32 Å². The summed E-state index contributed by atoms with van der Waals surface area (Å²) in [6.45, 7) is 6.35. The molecule has 0 saturated carbocycles. The summed E-state index contributed by atoms with van der Waals surface area (Å²) in [5.41, 5.74) is 5.81. The summed E-state index contributed by atoms with van der Waals surface area (Å²) in [6, 6.07) is 15.6. The third kappa shape index (κ3) is 4.30. The summed E-state index contributed by atoms with van der Waals surface area (Å²) in [4.78, 5) is 35.1. The molecule has 1 saturated heterocycles. The van der Waals surface area contributed by atoms with Gasteiger partial charge in [0.2, 0.25) is 0 Å². The molecule has 33 heavy (non-hydrogen) atoms. The number of piperazine rings is 1. The number of amides is 3. The number of pyridine rings is 1. The van der Waals surface area contributed by atoms with Gasteiger partial charge >= 0.3 is 6.03 Å². The molecule has 6 heteroatoms. The van der Waals surface area contributed by atoms with E-state index >= 15 is 0 Å². The maximum atomic E-state index is 13.8. The Hall–Kier alpha value is -3.41. The number of hydrogen-bond donors (Lipinski definition) is 1. The van der Waals surface area contributed by atoms with Crippen molar-refractivity contribution in [3.63, 3.8) is 0 Å². The molecule has 2 aliphatic rings. The van der Waals surface area contributed by atoms with Crippen molar-refractivity contribution in [1.29, 1.82) is 0 Å². The van der Waals surface area contributed by atoms with Crippen molar-refractivity contribution in [2.24, 2.45) is 5.92 Å². The molecule has 1 aliphatic carbocycles. The molecule has 1 aromatic heterocycles. The fourth-order valence-corrected chi connectivity index (χ4v) is 5.00. The van der Waals surface area contributed by atoms with Gasteiger partial charge in [0.05, 0.1) is 11.1 Å². The Morgan fingerprint density at radius 2 is 1.76 bits per heavy atom. The third-order valence-electron chi connectivity index (χ3n) is 6.84. The Balaban J connectivity index is 1.34. The van der Waals surface area contributed by atoms with Crippen LogP contribution in [0.3, 0.4) is 0 Å². The molecule has 3 aromatic rings. The summed E-state index contributed by atoms with van der Waals surface area (Å²) >= 11 is 0. The van der Waals surface area contributed by atoms with Crippen LogP contribution in [0.2, 0.25) is 0 Å². The van der Waals surface area contributed by atoms with Gasteiger partial charge in [0, 0.05) is 42.9 Å². The molecule has 2 aromatic carbocycles. The van der Waals surface area contributed by atoms with Crippen molar-refractivity contribution < 1.29 is 9.59 Å². The quantitative estimate of drug-likeness (QED) is 0.628. The van der Waals surface area contributed by atoms with Crippen molar-refractivity contribution >= 4 is 28.5 Å². The van der Waals surface area contributed by atoms with Crippen molar-refractivity contribution in [2.45, 2.75) is 33.1 Å². The van der Waals surface area contributed by atoms with E-state index in [4.69, 9.17) is 4.98 Å². The number of hydrogen-bond acceptors (Lipinski definition) is 3. The maximum Gasteiger partial charge on any atom is 0.321 e. The van der Waals surface area contributed by atoms with Crippen LogP contribution in [-0.4, -0.2) is 52.9 Å². The lowest BCUT2D eigenvalue weighted by Gasteiger charge is -2.35. The molecule has 0 bridgehead atoms. The number of rotatable bonds is 2. The lowest BCUT2D eigenvalue weighted by molar-refractivity contribution is 0.0672. The number of para-hydroxylation sites is 1. The van der Waals surface area contributed by atoms with Crippen LogP contribution in [0, 0.1) is 12.8 Å². The van der Waals surface area contributed by atoms with Crippen LogP contribution in [0.25, 0.3) is 10.9 Å². The average molecular weight is 443 g/mol. The topological polar surface area (TPSA) is 65.5 Å². The third-order valence-corrected chi connectivity index (χ3v) is 6.84. The molecule has 170 valence electrons. The van der Waals surface area contributed by atoms with Gasteiger partial charge in [-0.25, -0.2) is 4.79 Å². The molecule has 6 nitrogen and oxygen atoms in total. The standard InChI is InChI=1S/C27H30N4O2/c1-18-6-5-7-20(16-18)28-27(33)31-14-12-30(13-15-31)26(32)25-21-8-3-4-9-23(21)29-24-11-10-19(2)17-22(24)25/h3-9,16,19H,10-15,17H2,1-2H3,(H,28,33). The number of nitrogens with one attached hydrogen (secondary N) is 1. The fraction of sp³-hybridized carbons (Fsp3) is 0.370. The zero-order valence-electron chi connectivity index (χ0n) is 19.3. The van der Waals surface area contributed by atoms with Crippen LogP contribution in [-0.2, 0) is 12.8 Å². The van der Waals surface area contributed by atoms with E-state index in [0.29, 0.717) is 32.1 Å². The summed E-state index contributed by atoms with van der Waals surface area (Å²) in [7, 11) is 0. The van der Waals surface area contributed by atoms with Crippen LogP contribution in [0.5, 0.6) is 0 Å². The number of carbonyl (C=O) groups excluding carboxylic acids is 2. The highest BCUT2D eigenvalue weighted by molar-refractivity contribution is 6.08. The fourth-order valence-electron chi connectivity index (χ4n) is 5.00. The van der Waals surface area contributed by atoms with Crippen molar-refractivity contribution in [3.8, 4) is 0 Å². The highest BCUT2D eigenvalue weighted by Crippen LogP contribution is 2.32. The summed E-state index contributed by atoms with van der Waals surface area (Å²) in [5, 5.41) is 3.91. The van der Waals surface area contributed by atoms with Crippen molar-refractivity contribution in [1.82, 2.24) is 14.8 Å². The van der Waals surface area contributed by atoms with Crippen LogP contribution in [0.1, 0.15) is 40.5 Å². The molecule has 1 atom stereocenters. The largest absolute Gasteiger partial charge is 0.335 e. The van der Waals surface area contributed by atoms with Crippen LogP contribution >= 0.6 is 0 Å². The van der Waals surface area contributed by atoms with E-state index in [0.717, 1.165) is 58.2 Å². The van der Waals surface area contributed by atoms with Gasteiger partial charge in [-0.2, -0.15) is 0 Å². The average Bonchev–Trinajstić information content (AvgIpc) is 2.82. The molecule has 1 N–H and O–H groups in total. The summed E-state index contributed by atoms with van der Waals surface area (Å²) in [5.74, 6) is 0.617. The smallest absolute Gasteiger partial charge is 0.321 e. The molecule has 1 aliphatic heterocycles. The van der Waals surface area contributed by atoms with Gasteiger partial charge in [-0.1, -0.05) is 37.3 Å². The molecule has 0 spiro atoms. The Labute approximate surface area is 194 Å². The van der Waals surface area contributed by atoms with Gasteiger partial charge in [0.1, 0.15) is 0 Å². The van der Waals surface area contributed by atoms with Gasteiger partial charge < -0.3 is 15.1 Å². The predicted octanol–water partition coefficient (Wildman–Crippen LogP) is 4.66. The van der Waals surface area contributed by atoms with Gasteiger partial charge in [-0.3, -0.25) is 9.78 Å². The Bertz CT molecular complexity index is 1210. The molecular formula is C27H30N4O2. The van der Waals surface area contributed by atoms with Gasteiger partial charge in [-0.15, -0.1) is 0 Å². The normalized spacial score (nSPS) is 18.2. The number of urea groups is 1. The van der Waals surface area contributed by atoms with E-state index < -0.39 is 0 Å². The van der Waals surface area contributed by atoms with E-state index in [1.54, 1.807) is 4.90 Å².